The van der Waals surface area contributed by atoms with Crippen molar-refractivity contribution in [2.24, 2.45) is 0 Å². The maximum absolute atomic E-state index is 11.2. The predicted octanol–water partition coefficient (Wildman–Crippen LogP) is -0.487. The number of aromatic amines is 2. The van der Waals surface area contributed by atoms with Crippen LogP contribution in [0.3, 0.4) is 0 Å². The van der Waals surface area contributed by atoms with E-state index in [9.17, 15) is 9.59 Å². The number of nitrogens with zero attached hydrogens (tertiary/aromatic N) is 3. The second-order valence-corrected chi connectivity index (χ2v) is 3.86. The van der Waals surface area contributed by atoms with Gasteiger partial charge in [-0.25, -0.2) is 9.78 Å². The molecule has 78 valence electrons. The maximum Gasteiger partial charge on any atom is 0.327 e. The second kappa shape index (κ2) is 3.81. The van der Waals surface area contributed by atoms with E-state index in [2.05, 4.69) is 20.2 Å². The largest absolute Gasteiger partial charge is 0.327 e. The highest BCUT2D eigenvalue weighted by Gasteiger charge is 2.05. The standard InChI is InChI=1S/C7H7N5O2S/c1-2-15-7-9-4-3(11-12-7)5(13)10-6(14)8-4/h2H2,1H3,(H2,8,9,10,12,13,14). The third-order valence-electron chi connectivity index (χ3n) is 1.61. The number of hydrogen-bond acceptors (Lipinski definition) is 6. The van der Waals surface area contributed by atoms with Crippen molar-refractivity contribution < 1.29 is 0 Å². The lowest BCUT2D eigenvalue weighted by Crippen LogP contribution is -2.23. The van der Waals surface area contributed by atoms with Crippen molar-refractivity contribution in [2.45, 2.75) is 12.1 Å². The van der Waals surface area contributed by atoms with Gasteiger partial charge in [-0.2, -0.15) is 0 Å². The zero-order valence-electron chi connectivity index (χ0n) is 7.77. The zero-order chi connectivity index (χ0) is 10.8. The molecule has 2 rings (SSSR count). The topological polar surface area (TPSA) is 104 Å². The van der Waals surface area contributed by atoms with Gasteiger partial charge in [-0.05, 0) is 5.75 Å². The summed E-state index contributed by atoms with van der Waals surface area (Å²) in [4.78, 5) is 30.7. The highest BCUT2D eigenvalue weighted by molar-refractivity contribution is 7.99. The van der Waals surface area contributed by atoms with Gasteiger partial charge in [-0.15, -0.1) is 10.2 Å². The minimum Gasteiger partial charge on any atom is -0.290 e. The summed E-state index contributed by atoms with van der Waals surface area (Å²) in [6, 6.07) is 0. The SMILES string of the molecule is CCSc1nnc2c(=O)[nH]c(=O)[nH]c2n1. The average Bonchev–Trinajstić information content (AvgIpc) is 2.17. The van der Waals surface area contributed by atoms with E-state index >= 15 is 0 Å². The molecular formula is C7H7N5O2S. The van der Waals surface area contributed by atoms with Gasteiger partial charge in [0.15, 0.2) is 11.2 Å². The Labute approximate surface area is 87.4 Å². The Hall–Kier alpha value is -1.70. The molecule has 0 unspecified atom stereocenters. The number of nitrogens with one attached hydrogen (secondary N) is 2. The van der Waals surface area contributed by atoms with E-state index in [-0.39, 0.29) is 11.2 Å². The van der Waals surface area contributed by atoms with Crippen molar-refractivity contribution >= 4 is 22.9 Å². The molecule has 0 bridgehead atoms. The van der Waals surface area contributed by atoms with Crippen LogP contribution in [0.15, 0.2) is 14.7 Å². The molecule has 0 fully saturated rings. The van der Waals surface area contributed by atoms with Crippen molar-refractivity contribution in [3.8, 4) is 0 Å². The minimum absolute atomic E-state index is 0.0371. The molecule has 0 radical (unpaired) electrons. The number of rotatable bonds is 2. The molecule has 0 saturated carbocycles. The molecule has 2 aromatic heterocycles. The molecule has 2 N–H and O–H groups in total. The maximum atomic E-state index is 11.2. The highest BCUT2D eigenvalue weighted by Crippen LogP contribution is 2.10. The van der Waals surface area contributed by atoms with Crippen LogP contribution in [-0.2, 0) is 0 Å². The zero-order valence-corrected chi connectivity index (χ0v) is 8.59. The first-order valence-corrected chi connectivity index (χ1v) is 5.19. The van der Waals surface area contributed by atoms with Crippen molar-refractivity contribution in [2.75, 3.05) is 5.75 Å². The summed E-state index contributed by atoms with van der Waals surface area (Å²) in [7, 11) is 0. The van der Waals surface area contributed by atoms with Gasteiger partial charge in [-0.3, -0.25) is 14.8 Å². The van der Waals surface area contributed by atoms with Crippen molar-refractivity contribution in [3.63, 3.8) is 0 Å². The smallest absolute Gasteiger partial charge is 0.290 e. The number of aromatic nitrogens is 5. The van der Waals surface area contributed by atoms with Crippen LogP contribution in [0, 0.1) is 0 Å². The van der Waals surface area contributed by atoms with Gasteiger partial charge in [0.25, 0.3) is 5.56 Å². The summed E-state index contributed by atoms with van der Waals surface area (Å²) >= 11 is 1.38. The predicted molar refractivity (Wildman–Crippen MR) is 55.0 cm³/mol. The van der Waals surface area contributed by atoms with Crippen LogP contribution < -0.4 is 11.2 Å². The summed E-state index contributed by atoms with van der Waals surface area (Å²) in [5.41, 5.74) is -0.980. The quantitative estimate of drug-likeness (QED) is 0.668. The van der Waals surface area contributed by atoms with Crippen LogP contribution in [0.1, 0.15) is 6.92 Å². The van der Waals surface area contributed by atoms with Gasteiger partial charge in [0.05, 0.1) is 0 Å². The normalized spacial score (nSPS) is 10.7. The fourth-order valence-electron chi connectivity index (χ4n) is 1.04. The Morgan fingerprint density at radius 1 is 1.27 bits per heavy atom. The lowest BCUT2D eigenvalue weighted by atomic mass is 10.5. The van der Waals surface area contributed by atoms with Crippen LogP contribution in [0.5, 0.6) is 0 Å². The number of H-pyrrole nitrogens is 2. The first-order chi connectivity index (χ1) is 7.20. The van der Waals surface area contributed by atoms with Gasteiger partial charge in [0, 0.05) is 0 Å². The molecule has 0 amide bonds. The van der Waals surface area contributed by atoms with Gasteiger partial charge in [0.2, 0.25) is 5.16 Å². The lowest BCUT2D eigenvalue weighted by molar-refractivity contribution is 0.856. The Kier molecular flexibility index (Phi) is 2.50. The van der Waals surface area contributed by atoms with E-state index < -0.39 is 11.2 Å². The van der Waals surface area contributed by atoms with Crippen LogP contribution in [-0.4, -0.2) is 30.9 Å². The second-order valence-electron chi connectivity index (χ2n) is 2.63. The molecular weight excluding hydrogens is 218 g/mol. The summed E-state index contributed by atoms with van der Waals surface area (Å²) in [6.07, 6.45) is 0. The first-order valence-electron chi connectivity index (χ1n) is 4.20. The van der Waals surface area contributed by atoms with E-state index in [4.69, 9.17) is 0 Å². The van der Waals surface area contributed by atoms with Crippen molar-refractivity contribution in [1.82, 2.24) is 25.1 Å². The molecule has 2 aromatic rings. The average molecular weight is 225 g/mol. The molecule has 0 aliphatic heterocycles. The van der Waals surface area contributed by atoms with Crippen LogP contribution >= 0.6 is 11.8 Å². The van der Waals surface area contributed by atoms with Crippen LogP contribution in [0.2, 0.25) is 0 Å². The third-order valence-corrected chi connectivity index (χ3v) is 2.33. The van der Waals surface area contributed by atoms with Gasteiger partial charge in [0.1, 0.15) is 0 Å². The molecule has 0 spiro atoms. The van der Waals surface area contributed by atoms with Gasteiger partial charge < -0.3 is 0 Å². The molecule has 15 heavy (non-hydrogen) atoms. The highest BCUT2D eigenvalue weighted by atomic mass is 32.2. The lowest BCUT2D eigenvalue weighted by Gasteiger charge is -1.96. The minimum atomic E-state index is -0.597. The fraction of sp³-hybridized carbons (Fsp3) is 0.286. The molecule has 0 saturated heterocycles. The fourth-order valence-corrected chi connectivity index (χ4v) is 1.56. The van der Waals surface area contributed by atoms with E-state index in [1.54, 1.807) is 0 Å². The molecule has 0 aliphatic rings. The Bertz CT molecular complexity index is 604. The molecule has 2 heterocycles. The molecule has 7 nitrogen and oxygen atoms in total. The summed E-state index contributed by atoms with van der Waals surface area (Å²) in [6.45, 7) is 1.94. The van der Waals surface area contributed by atoms with Crippen LogP contribution in [0.25, 0.3) is 11.2 Å². The molecule has 8 heteroatoms. The molecule has 0 atom stereocenters. The number of hydrogen-bond donors (Lipinski definition) is 2. The van der Waals surface area contributed by atoms with E-state index in [0.717, 1.165) is 5.75 Å². The summed E-state index contributed by atoms with van der Waals surface area (Å²) < 4.78 is 0. The van der Waals surface area contributed by atoms with Crippen molar-refractivity contribution in [3.05, 3.63) is 20.8 Å². The van der Waals surface area contributed by atoms with E-state index in [0.29, 0.717) is 5.16 Å². The number of fused-ring (bicyclic) bond motifs is 1. The van der Waals surface area contributed by atoms with Gasteiger partial charge in [-0.1, -0.05) is 18.7 Å². The third kappa shape index (κ3) is 1.89. The Balaban J connectivity index is 2.71. The Morgan fingerprint density at radius 3 is 2.80 bits per heavy atom. The van der Waals surface area contributed by atoms with Gasteiger partial charge >= 0.3 is 5.69 Å². The van der Waals surface area contributed by atoms with E-state index in [1.807, 2.05) is 11.9 Å². The van der Waals surface area contributed by atoms with E-state index in [1.165, 1.54) is 11.8 Å². The summed E-state index contributed by atoms with van der Waals surface area (Å²) in [5.74, 6) is 0.792. The monoisotopic (exact) mass is 225 g/mol. The number of thioether (sulfide) groups is 1. The van der Waals surface area contributed by atoms with Crippen molar-refractivity contribution in [1.29, 1.82) is 0 Å². The summed E-state index contributed by atoms with van der Waals surface area (Å²) in [5, 5.41) is 7.88. The first kappa shape index (κ1) is 9.84. The Morgan fingerprint density at radius 2 is 2.07 bits per heavy atom. The van der Waals surface area contributed by atoms with Crippen LogP contribution in [0.4, 0.5) is 0 Å². The molecule has 0 aliphatic carbocycles. The molecule has 0 aromatic carbocycles.